The van der Waals surface area contributed by atoms with Crippen LogP contribution in [0.5, 0.6) is 0 Å². The number of rotatable bonds is 7. The van der Waals surface area contributed by atoms with E-state index in [0.717, 1.165) is 0 Å². The molecule has 0 aliphatic carbocycles. The molecule has 0 saturated carbocycles. The Kier molecular flexibility index (Phi) is 6.15. The fraction of sp³-hybridized carbons (Fsp3) is 0.667. The van der Waals surface area contributed by atoms with Gasteiger partial charge in [0.1, 0.15) is 0 Å². The van der Waals surface area contributed by atoms with Gasteiger partial charge >= 0.3 is 7.82 Å². The SMILES string of the molecule is CC(CCl)OP(=O)(O)OC(C=O)C=O. The normalized spacial score (nSPS) is 17.4. The van der Waals surface area contributed by atoms with Crippen molar-refractivity contribution in [2.45, 2.75) is 19.1 Å². The van der Waals surface area contributed by atoms with Crippen molar-refractivity contribution < 1.29 is 28.1 Å². The van der Waals surface area contributed by atoms with Crippen LogP contribution in [0.1, 0.15) is 6.92 Å². The van der Waals surface area contributed by atoms with Gasteiger partial charge in [-0.25, -0.2) is 4.57 Å². The summed E-state index contributed by atoms with van der Waals surface area (Å²) in [4.78, 5) is 29.2. The standard InChI is InChI=1S/C6H10ClO6P/c1-5(2-7)12-14(10,11)13-6(3-8)4-9/h3-6H,2H2,1H3,(H,10,11). The van der Waals surface area contributed by atoms with Crippen LogP contribution in [-0.2, 0) is 23.2 Å². The largest absolute Gasteiger partial charge is 0.473 e. The molecule has 0 radical (unpaired) electrons. The van der Waals surface area contributed by atoms with Gasteiger partial charge in [0.2, 0.25) is 0 Å². The minimum absolute atomic E-state index is 0.0131. The summed E-state index contributed by atoms with van der Waals surface area (Å²) in [6.07, 6.45) is -2.14. The Labute approximate surface area is 85.8 Å². The molecule has 0 saturated heterocycles. The van der Waals surface area contributed by atoms with Crippen molar-refractivity contribution in [3.8, 4) is 0 Å². The van der Waals surface area contributed by atoms with E-state index >= 15 is 0 Å². The highest BCUT2D eigenvalue weighted by Crippen LogP contribution is 2.45. The first-order valence-electron chi connectivity index (χ1n) is 3.61. The molecular formula is C6H10ClO6P. The Morgan fingerprint density at radius 2 is 1.93 bits per heavy atom. The van der Waals surface area contributed by atoms with E-state index < -0.39 is 20.0 Å². The molecule has 0 amide bonds. The molecule has 0 rings (SSSR count). The average Bonchev–Trinajstić information content (AvgIpc) is 2.13. The van der Waals surface area contributed by atoms with Crippen LogP contribution in [-0.4, -0.2) is 35.6 Å². The van der Waals surface area contributed by atoms with Crippen LogP contribution >= 0.6 is 19.4 Å². The van der Waals surface area contributed by atoms with Crippen LogP contribution < -0.4 is 0 Å². The lowest BCUT2D eigenvalue weighted by atomic mass is 10.5. The van der Waals surface area contributed by atoms with E-state index in [1.807, 2.05) is 0 Å². The topological polar surface area (TPSA) is 89.9 Å². The van der Waals surface area contributed by atoms with Crippen molar-refractivity contribution in [1.29, 1.82) is 0 Å². The van der Waals surface area contributed by atoms with Gasteiger partial charge in [-0.15, -0.1) is 11.6 Å². The predicted octanol–water partition coefficient (Wildman–Crippen LogP) is 0.514. The monoisotopic (exact) mass is 244 g/mol. The molecule has 0 fully saturated rings. The first-order chi connectivity index (χ1) is 6.45. The van der Waals surface area contributed by atoms with Crippen LogP contribution in [0.15, 0.2) is 0 Å². The number of alkyl halides is 1. The van der Waals surface area contributed by atoms with Crippen LogP contribution in [0.3, 0.4) is 0 Å². The van der Waals surface area contributed by atoms with Crippen molar-refractivity contribution in [1.82, 2.24) is 0 Å². The summed E-state index contributed by atoms with van der Waals surface area (Å²) in [6, 6.07) is 0. The van der Waals surface area contributed by atoms with Gasteiger partial charge in [0, 0.05) is 5.88 Å². The minimum Gasteiger partial charge on any atom is -0.302 e. The lowest BCUT2D eigenvalue weighted by Gasteiger charge is -2.16. The Bertz CT molecular complexity index is 236. The van der Waals surface area contributed by atoms with Crippen molar-refractivity contribution >= 4 is 32.0 Å². The molecule has 0 aliphatic rings. The van der Waals surface area contributed by atoms with Crippen LogP contribution in [0.4, 0.5) is 0 Å². The minimum atomic E-state index is -4.40. The third kappa shape index (κ3) is 5.47. The highest BCUT2D eigenvalue weighted by Gasteiger charge is 2.28. The fourth-order valence-corrected chi connectivity index (χ4v) is 1.65. The second kappa shape index (κ2) is 6.27. The maximum Gasteiger partial charge on any atom is 0.473 e. The average molecular weight is 245 g/mol. The molecule has 0 spiro atoms. The summed E-state index contributed by atoms with van der Waals surface area (Å²) in [7, 11) is -4.40. The van der Waals surface area contributed by atoms with Crippen LogP contribution in [0, 0.1) is 0 Å². The molecule has 0 aromatic heterocycles. The molecule has 0 aromatic carbocycles. The summed E-state index contributed by atoms with van der Waals surface area (Å²) < 4.78 is 19.7. The Morgan fingerprint density at radius 1 is 1.43 bits per heavy atom. The molecule has 2 unspecified atom stereocenters. The Balaban J connectivity index is 4.25. The third-order valence-corrected chi connectivity index (χ3v) is 2.62. The molecule has 2 atom stereocenters. The quantitative estimate of drug-likeness (QED) is 0.304. The number of phosphoric ester groups is 1. The van der Waals surface area contributed by atoms with E-state index in [1.54, 1.807) is 0 Å². The zero-order valence-electron chi connectivity index (χ0n) is 7.33. The molecule has 0 heterocycles. The Morgan fingerprint density at radius 3 is 2.29 bits per heavy atom. The van der Waals surface area contributed by atoms with Gasteiger partial charge in [-0.3, -0.25) is 18.6 Å². The Hall–Kier alpha value is -0.260. The van der Waals surface area contributed by atoms with E-state index in [0.29, 0.717) is 0 Å². The molecule has 82 valence electrons. The van der Waals surface area contributed by atoms with Crippen molar-refractivity contribution in [3.05, 3.63) is 0 Å². The van der Waals surface area contributed by atoms with Gasteiger partial charge in [-0.2, -0.15) is 0 Å². The molecule has 8 heteroatoms. The second-order valence-corrected chi connectivity index (χ2v) is 4.05. The van der Waals surface area contributed by atoms with E-state index in [1.165, 1.54) is 6.92 Å². The van der Waals surface area contributed by atoms with E-state index in [-0.39, 0.29) is 18.5 Å². The highest BCUT2D eigenvalue weighted by molar-refractivity contribution is 7.47. The number of carbonyl (C=O) groups is 2. The summed E-state index contributed by atoms with van der Waals surface area (Å²) in [5.74, 6) is -0.0131. The highest BCUT2D eigenvalue weighted by atomic mass is 35.5. The smallest absolute Gasteiger partial charge is 0.302 e. The third-order valence-electron chi connectivity index (χ3n) is 1.05. The van der Waals surface area contributed by atoms with E-state index in [4.69, 9.17) is 16.5 Å². The second-order valence-electron chi connectivity index (χ2n) is 2.38. The molecule has 1 N–H and O–H groups in total. The number of halogens is 1. The molecule has 0 bridgehead atoms. The number of hydrogen-bond donors (Lipinski definition) is 1. The maximum absolute atomic E-state index is 11.0. The van der Waals surface area contributed by atoms with Crippen molar-refractivity contribution in [3.63, 3.8) is 0 Å². The first-order valence-corrected chi connectivity index (χ1v) is 5.64. The van der Waals surface area contributed by atoms with Gasteiger partial charge in [-0.1, -0.05) is 0 Å². The molecule has 14 heavy (non-hydrogen) atoms. The fourth-order valence-electron chi connectivity index (χ4n) is 0.516. The first kappa shape index (κ1) is 13.7. The molecule has 0 aliphatic heterocycles. The summed E-state index contributed by atoms with van der Waals surface area (Å²) in [6.45, 7) is 1.44. The maximum atomic E-state index is 11.0. The van der Waals surface area contributed by atoms with Crippen LogP contribution in [0.25, 0.3) is 0 Å². The van der Waals surface area contributed by atoms with Crippen molar-refractivity contribution in [2.24, 2.45) is 0 Å². The van der Waals surface area contributed by atoms with Crippen LogP contribution in [0.2, 0.25) is 0 Å². The van der Waals surface area contributed by atoms with E-state index in [2.05, 4.69) is 9.05 Å². The van der Waals surface area contributed by atoms with Gasteiger partial charge in [-0.05, 0) is 6.92 Å². The molecule has 0 aromatic rings. The van der Waals surface area contributed by atoms with Gasteiger partial charge in [0.15, 0.2) is 18.7 Å². The number of carbonyl (C=O) groups excluding carboxylic acids is 2. The number of hydrogen-bond acceptors (Lipinski definition) is 5. The lowest BCUT2D eigenvalue weighted by Crippen LogP contribution is -2.17. The summed E-state index contributed by atoms with van der Waals surface area (Å²) in [5.41, 5.74) is 0. The zero-order valence-corrected chi connectivity index (χ0v) is 8.98. The van der Waals surface area contributed by atoms with Crippen molar-refractivity contribution in [2.75, 3.05) is 5.88 Å². The predicted molar refractivity (Wildman–Crippen MR) is 48.1 cm³/mol. The molecular weight excluding hydrogens is 234 g/mol. The number of phosphoric acid groups is 1. The summed E-state index contributed by atoms with van der Waals surface area (Å²) in [5, 5.41) is 0. The zero-order chi connectivity index (χ0) is 11.2. The lowest BCUT2D eigenvalue weighted by molar-refractivity contribution is -0.124. The van der Waals surface area contributed by atoms with Gasteiger partial charge in [0.25, 0.3) is 0 Å². The number of aldehydes is 2. The summed E-state index contributed by atoms with van der Waals surface area (Å²) >= 11 is 5.31. The van der Waals surface area contributed by atoms with E-state index in [9.17, 15) is 14.2 Å². The molecule has 6 nitrogen and oxygen atoms in total. The van der Waals surface area contributed by atoms with Gasteiger partial charge in [0.05, 0.1) is 6.10 Å². The van der Waals surface area contributed by atoms with Gasteiger partial charge < -0.3 is 4.89 Å².